The monoisotopic (exact) mass is 394 g/mol. The van der Waals surface area contributed by atoms with Crippen molar-refractivity contribution < 1.29 is 24.5 Å². The maximum absolute atomic E-state index is 13.6. The molecule has 0 saturated carbocycles. The van der Waals surface area contributed by atoms with Gasteiger partial charge >= 0.3 is 0 Å². The molecule has 1 heterocycles. The minimum absolute atomic E-state index is 0.111. The molecule has 5 nitrogen and oxygen atoms in total. The number of carbonyl (C=O) groups is 2. The van der Waals surface area contributed by atoms with E-state index in [1.807, 2.05) is 13.0 Å². The fourth-order valence-corrected chi connectivity index (χ4v) is 4.95. The van der Waals surface area contributed by atoms with Crippen LogP contribution in [0.4, 0.5) is 0 Å². The largest absolute Gasteiger partial charge is 0.508 e. The lowest BCUT2D eigenvalue weighted by atomic mass is 9.49. The van der Waals surface area contributed by atoms with E-state index in [9.17, 15) is 19.8 Å². The van der Waals surface area contributed by atoms with Crippen molar-refractivity contribution in [3.05, 3.63) is 58.7 Å². The highest BCUT2D eigenvalue weighted by Gasteiger charge is 2.70. The van der Waals surface area contributed by atoms with Crippen molar-refractivity contribution in [2.75, 3.05) is 0 Å². The molecule has 1 aromatic carbocycles. The second-order valence-electron chi connectivity index (χ2n) is 9.15. The Labute approximate surface area is 170 Å². The SMILES string of the molecule is CC1=C[C@H]2c3cc(O)c(C)cc3O[C@]3(C1)C(=O)C(C)=CC(=O)[C@@]23/C=C/C(C)(C)O. The molecule has 0 amide bonds. The Morgan fingerprint density at radius 3 is 2.55 bits per heavy atom. The Bertz CT molecular complexity index is 1040. The summed E-state index contributed by atoms with van der Waals surface area (Å²) in [7, 11) is 0. The Kier molecular flexibility index (Phi) is 4.01. The molecular weight excluding hydrogens is 368 g/mol. The number of benzene rings is 1. The van der Waals surface area contributed by atoms with E-state index >= 15 is 0 Å². The summed E-state index contributed by atoms with van der Waals surface area (Å²) < 4.78 is 6.43. The van der Waals surface area contributed by atoms with Crippen LogP contribution in [0, 0.1) is 12.3 Å². The van der Waals surface area contributed by atoms with Gasteiger partial charge in [-0.3, -0.25) is 9.59 Å². The maximum Gasteiger partial charge on any atom is 0.203 e. The third kappa shape index (κ3) is 2.57. The molecule has 2 aliphatic carbocycles. The zero-order valence-corrected chi connectivity index (χ0v) is 17.4. The number of carbonyl (C=O) groups excluding carboxylic acids is 2. The van der Waals surface area contributed by atoms with Gasteiger partial charge in [0.05, 0.1) is 5.60 Å². The number of ether oxygens (including phenoxy) is 1. The number of hydrogen-bond acceptors (Lipinski definition) is 5. The summed E-state index contributed by atoms with van der Waals surface area (Å²) in [5.41, 5.74) is -1.28. The van der Waals surface area contributed by atoms with E-state index in [-0.39, 0.29) is 23.7 Å². The zero-order valence-electron chi connectivity index (χ0n) is 17.4. The van der Waals surface area contributed by atoms with Crippen LogP contribution in [0.15, 0.2) is 47.6 Å². The molecule has 0 radical (unpaired) electrons. The first-order valence-electron chi connectivity index (χ1n) is 9.81. The van der Waals surface area contributed by atoms with Gasteiger partial charge in [0.2, 0.25) is 5.78 Å². The van der Waals surface area contributed by atoms with E-state index < -0.39 is 22.5 Å². The van der Waals surface area contributed by atoms with Crippen molar-refractivity contribution in [2.24, 2.45) is 5.41 Å². The van der Waals surface area contributed by atoms with E-state index in [1.165, 1.54) is 6.08 Å². The quantitative estimate of drug-likeness (QED) is 0.748. The summed E-state index contributed by atoms with van der Waals surface area (Å²) in [6.45, 7) is 8.57. The Hall–Kier alpha value is -2.66. The summed E-state index contributed by atoms with van der Waals surface area (Å²) in [5, 5.41) is 20.7. The van der Waals surface area contributed by atoms with Crippen LogP contribution in [-0.2, 0) is 9.59 Å². The van der Waals surface area contributed by atoms with Crippen LogP contribution in [0.2, 0.25) is 0 Å². The van der Waals surface area contributed by atoms with Crippen molar-refractivity contribution in [1.29, 1.82) is 0 Å². The normalized spacial score (nSPS) is 31.0. The number of rotatable bonds is 2. The highest BCUT2D eigenvalue weighted by Crippen LogP contribution is 2.63. The van der Waals surface area contributed by atoms with E-state index in [2.05, 4.69) is 0 Å². The lowest BCUT2D eigenvalue weighted by molar-refractivity contribution is -0.157. The fourth-order valence-electron chi connectivity index (χ4n) is 4.95. The number of aromatic hydroxyl groups is 1. The third-order valence-corrected chi connectivity index (χ3v) is 6.32. The molecule has 3 atom stereocenters. The molecule has 2 N–H and O–H groups in total. The van der Waals surface area contributed by atoms with Gasteiger partial charge in [0, 0.05) is 17.9 Å². The Morgan fingerprint density at radius 1 is 1.21 bits per heavy atom. The van der Waals surface area contributed by atoms with Gasteiger partial charge < -0.3 is 14.9 Å². The Morgan fingerprint density at radius 2 is 1.90 bits per heavy atom. The van der Waals surface area contributed by atoms with Gasteiger partial charge in [0.25, 0.3) is 0 Å². The van der Waals surface area contributed by atoms with E-state index in [0.717, 1.165) is 5.57 Å². The van der Waals surface area contributed by atoms with Crippen LogP contribution in [0.25, 0.3) is 0 Å². The minimum Gasteiger partial charge on any atom is -0.508 e. The van der Waals surface area contributed by atoms with Crippen molar-refractivity contribution in [3.8, 4) is 11.5 Å². The first kappa shape index (κ1) is 19.6. The van der Waals surface area contributed by atoms with Crippen molar-refractivity contribution >= 4 is 11.6 Å². The molecule has 1 aromatic rings. The first-order valence-corrected chi connectivity index (χ1v) is 9.81. The van der Waals surface area contributed by atoms with Crippen molar-refractivity contribution in [1.82, 2.24) is 0 Å². The Balaban J connectivity index is 2.11. The molecule has 29 heavy (non-hydrogen) atoms. The molecule has 5 heteroatoms. The summed E-state index contributed by atoms with van der Waals surface area (Å²) in [6, 6.07) is 3.35. The standard InChI is InChI=1S/C24H26O5/c1-13-8-17-16-11-18(25)14(2)9-19(16)29-24(12-13)21(27)15(3)10-20(26)23(17,24)7-6-22(4,5)28/h6-11,17,25,28H,12H2,1-5H3/b7-6+/t17-,23+,24+/m0/s1. The summed E-state index contributed by atoms with van der Waals surface area (Å²) in [6.07, 6.45) is 6.88. The van der Waals surface area contributed by atoms with Gasteiger partial charge in [-0.15, -0.1) is 0 Å². The summed E-state index contributed by atoms with van der Waals surface area (Å²) in [5.74, 6) is -0.316. The van der Waals surface area contributed by atoms with Gasteiger partial charge in [0.1, 0.15) is 16.9 Å². The second kappa shape index (κ2) is 5.92. The number of aryl methyl sites for hydroxylation is 1. The molecule has 0 saturated heterocycles. The number of aliphatic hydroxyl groups is 1. The molecule has 0 aromatic heterocycles. The molecule has 3 aliphatic rings. The van der Waals surface area contributed by atoms with Gasteiger partial charge in [0.15, 0.2) is 11.4 Å². The summed E-state index contributed by atoms with van der Waals surface area (Å²) in [4.78, 5) is 27.1. The molecule has 4 rings (SSSR count). The molecule has 152 valence electrons. The van der Waals surface area contributed by atoms with Gasteiger partial charge in [-0.1, -0.05) is 23.8 Å². The van der Waals surface area contributed by atoms with Crippen LogP contribution in [0.3, 0.4) is 0 Å². The van der Waals surface area contributed by atoms with Crippen LogP contribution in [0.1, 0.15) is 51.2 Å². The molecular formula is C24H26O5. The van der Waals surface area contributed by atoms with Crippen molar-refractivity contribution in [2.45, 2.75) is 58.2 Å². The van der Waals surface area contributed by atoms with E-state index in [4.69, 9.17) is 4.74 Å². The first-order chi connectivity index (χ1) is 13.4. The van der Waals surface area contributed by atoms with Gasteiger partial charge in [-0.25, -0.2) is 0 Å². The van der Waals surface area contributed by atoms with Crippen LogP contribution in [0.5, 0.6) is 11.5 Å². The van der Waals surface area contributed by atoms with Gasteiger partial charge in [-0.05, 0) is 64.0 Å². The number of phenols is 1. The van der Waals surface area contributed by atoms with Crippen molar-refractivity contribution in [3.63, 3.8) is 0 Å². The predicted molar refractivity (Wildman–Crippen MR) is 109 cm³/mol. The number of phenolic OH excluding ortho intramolecular Hbond substituents is 1. The zero-order chi connectivity index (χ0) is 21.4. The smallest absolute Gasteiger partial charge is 0.203 e. The van der Waals surface area contributed by atoms with Crippen LogP contribution >= 0.6 is 0 Å². The summed E-state index contributed by atoms with van der Waals surface area (Å²) >= 11 is 0. The molecule has 0 unspecified atom stereocenters. The van der Waals surface area contributed by atoms with E-state index in [1.54, 1.807) is 52.0 Å². The second-order valence-corrected chi connectivity index (χ2v) is 9.15. The van der Waals surface area contributed by atoms with Crippen LogP contribution < -0.4 is 4.74 Å². The molecule has 2 bridgehead atoms. The maximum atomic E-state index is 13.6. The minimum atomic E-state index is -1.41. The average Bonchev–Trinajstić information content (AvgIpc) is 2.60. The molecule has 1 aliphatic heterocycles. The highest BCUT2D eigenvalue weighted by molar-refractivity contribution is 6.18. The average molecular weight is 394 g/mol. The number of fused-ring (bicyclic) bond motifs is 2. The number of allylic oxidation sites excluding steroid dienone is 2. The predicted octanol–water partition coefficient (Wildman–Crippen LogP) is 3.68. The lowest BCUT2D eigenvalue weighted by Crippen LogP contribution is -2.68. The fraction of sp³-hybridized carbons (Fsp3) is 0.417. The topological polar surface area (TPSA) is 83.8 Å². The molecule has 0 spiro atoms. The molecule has 0 fully saturated rings. The third-order valence-electron chi connectivity index (χ3n) is 6.32. The van der Waals surface area contributed by atoms with Gasteiger partial charge in [-0.2, -0.15) is 0 Å². The highest BCUT2D eigenvalue weighted by atomic mass is 16.5. The van der Waals surface area contributed by atoms with E-state index in [0.29, 0.717) is 22.4 Å². The number of Topliss-reactive ketones (excluding diaryl/α,β-unsaturated/α-hetero) is 1. The number of hydrogen-bond donors (Lipinski definition) is 2. The number of ketones is 2. The van der Waals surface area contributed by atoms with Crippen LogP contribution in [-0.4, -0.2) is 33.0 Å². The lowest BCUT2D eigenvalue weighted by Gasteiger charge is -2.57.